The van der Waals surface area contributed by atoms with Gasteiger partial charge in [-0.2, -0.15) is 0 Å². The van der Waals surface area contributed by atoms with Crippen molar-refractivity contribution in [2.75, 3.05) is 10.7 Å². The van der Waals surface area contributed by atoms with Gasteiger partial charge in [0.2, 0.25) is 5.91 Å². The van der Waals surface area contributed by atoms with Gasteiger partial charge in [-0.05, 0) is 42.3 Å². The number of nitrogens with one attached hydrogen (secondary N) is 1. The summed E-state index contributed by atoms with van der Waals surface area (Å²) in [6, 6.07) is 20.9. The first kappa shape index (κ1) is 19.2. The Hall–Kier alpha value is -3.12. The maximum atomic E-state index is 12.6. The molecule has 0 radical (unpaired) electrons. The Morgan fingerprint density at radius 1 is 1.10 bits per heavy atom. The summed E-state index contributed by atoms with van der Waals surface area (Å²) >= 11 is 1.47. The second-order valence-corrected chi connectivity index (χ2v) is 7.86. The SMILES string of the molecule is CC(NC(=O)c1ccc(CN2C(=O)CSc3ncccc32)cc1)c1ccccc1. The number of amides is 2. The topological polar surface area (TPSA) is 62.3 Å². The second-order valence-electron chi connectivity index (χ2n) is 6.90. The fourth-order valence-corrected chi connectivity index (χ4v) is 4.14. The highest BCUT2D eigenvalue weighted by atomic mass is 32.2. The summed E-state index contributed by atoms with van der Waals surface area (Å²) in [6.45, 7) is 2.42. The predicted octanol–water partition coefficient (Wildman–Crippen LogP) is 4.21. The Labute approximate surface area is 174 Å². The zero-order chi connectivity index (χ0) is 20.2. The van der Waals surface area contributed by atoms with E-state index in [1.165, 1.54) is 11.8 Å². The molecule has 2 heterocycles. The molecule has 0 saturated heterocycles. The van der Waals surface area contributed by atoms with E-state index in [-0.39, 0.29) is 17.9 Å². The van der Waals surface area contributed by atoms with Crippen molar-refractivity contribution < 1.29 is 9.59 Å². The van der Waals surface area contributed by atoms with E-state index in [9.17, 15) is 9.59 Å². The Morgan fingerprint density at radius 3 is 2.62 bits per heavy atom. The molecule has 29 heavy (non-hydrogen) atoms. The van der Waals surface area contributed by atoms with Crippen molar-refractivity contribution >= 4 is 29.3 Å². The van der Waals surface area contributed by atoms with Gasteiger partial charge in [0.1, 0.15) is 5.03 Å². The van der Waals surface area contributed by atoms with Crippen LogP contribution in [0, 0.1) is 0 Å². The third-order valence-electron chi connectivity index (χ3n) is 4.88. The Kier molecular flexibility index (Phi) is 5.62. The van der Waals surface area contributed by atoms with Gasteiger partial charge in [-0.15, -0.1) is 0 Å². The molecule has 2 amide bonds. The molecule has 1 unspecified atom stereocenters. The van der Waals surface area contributed by atoms with Gasteiger partial charge in [0, 0.05) is 11.8 Å². The number of carbonyl (C=O) groups excluding carboxylic acids is 2. The molecule has 6 heteroatoms. The van der Waals surface area contributed by atoms with E-state index in [1.807, 2.05) is 61.5 Å². The molecule has 0 aliphatic carbocycles. The average Bonchev–Trinajstić information content (AvgIpc) is 2.77. The average molecular weight is 404 g/mol. The van der Waals surface area contributed by atoms with Crippen LogP contribution in [-0.2, 0) is 11.3 Å². The maximum Gasteiger partial charge on any atom is 0.251 e. The van der Waals surface area contributed by atoms with Crippen LogP contribution in [0.15, 0.2) is 78.0 Å². The molecule has 0 bridgehead atoms. The van der Waals surface area contributed by atoms with Crippen molar-refractivity contribution in [3.8, 4) is 0 Å². The molecule has 1 aliphatic rings. The van der Waals surface area contributed by atoms with Crippen LogP contribution in [0.5, 0.6) is 0 Å². The molecule has 3 aromatic rings. The maximum absolute atomic E-state index is 12.6. The highest BCUT2D eigenvalue weighted by Gasteiger charge is 2.25. The number of benzene rings is 2. The number of anilines is 1. The monoisotopic (exact) mass is 403 g/mol. The fraction of sp³-hybridized carbons (Fsp3) is 0.174. The van der Waals surface area contributed by atoms with Crippen LogP contribution >= 0.6 is 11.8 Å². The lowest BCUT2D eigenvalue weighted by atomic mass is 10.1. The Bertz CT molecular complexity index is 1020. The van der Waals surface area contributed by atoms with Gasteiger partial charge in [0.05, 0.1) is 24.0 Å². The largest absolute Gasteiger partial charge is 0.346 e. The van der Waals surface area contributed by atoms with Crippen LogP contribution in [0.25, 0.3) is 0 Å². The van der Waals surface area contributed by atoms with Crippen molar-refractivity contribution in [2.45, 2.75) is 24.5 Å². The molecule has 1 aliphatic heterocycles. The molecular formula is C23H21N3O2S. The lowest BCUT2D eigenvalue weighted by Gasteiger charge is -2.28. The highest BCUT2D eigenvalue weighted by molar-refractivity contribution is 8.00. The van der Waals surface area contributed by atoms with Crippen LogP contribution in [0.2, 0.25) is 0 Å². The highest BCUT2D eigenvalue weighted by Crippen LogP contribution is 2.34. The van der Waals surface area contributed by atoms with Gasteiger partial charge in [-0.25, -0.2) is 4.98 Å². The Balaban J connectivity index is 1.44. The minimum atomic E-state index is -0.118. The number of hydrogen-bond donors (Lipinski definition) is 1. The van der Waals surface area contributed by atoms with Crippen molar-refractivity contribution in [3.63, 3.8) is 0 Å². The van der Waals surface area contributed by atoms with Gasteiger partial charge >= 0.3 is 0 Å². The third kappa shape index (κ3) is 4.32. The van der Waals surface area contributed by atoms with Crippen LogP contribution in [-0.4, -0.2) is 22.6 Å². The Morgan fingerprint density at radius 2 is 1.86 bits per heavy atom. The van der Waals surface area contributed by atoms with Crippen LogP contribution < -0.4 is 10.2 Å². The van der Waals surface area contributed by atoms with Crippen molar-refractivity contribution in [1.29, 1.82) is 0 Å². The lowest BCUT2D eigenvalue weighted by molar-refractivity contribution is -0.116. The molecule has 0 fully saturated rings. The van der Waals surface area contributed by atoms with E-state index in [1.54, 1.807) is 23.2 Å². The van der Waals surface area contributed by atoms with Crippen LogP contribution in [0.3, 0.4) is 0 Å². The molecule has 0 saturated carbocycles. The second kappa shape index (κ2) is 8.49. The molecule has 0 spiro atoms. The number of fused-ring (bicyclic) bond motifs is 1. The standard InChI is InChI=1S/C23H21N3O2S/c1-16(18-6-3-2-4-7-18)25-22(28)19-11-9-17(10-12-19)14-26-20-8-5-13-24-23(20)29-15-21(26)27/h2-13,16H,14-15H2,1H3,(H,25,28). The summed E-state index contributed by atoms with van der Waals surface area (Å²) in [6.07, 6.45) is 1.74. The summed E-state index contributed by atoms with van der Waals surface area (Å²) in [5, 5.41) is 3.89. The molecule has 1 atom stereocenters. The van der Waals surface area contributed by atoms with Crippen molar-refractivity contribution in [2.24, 2.45) is 0 Å². The number of thioether (sulfide) groups is 1. The summed E-state index contributed by atoms with van der Waals surface area (Å²) in [7, 11) is 0. The van der Waals surface area contributed by atoms with Crippen molar-refractivity contribution in [1.82, 2.24) is 10.3 Å². The number of hydrogen-bond acceptors (Lipinski definition) is 4. The minimum absolute atomic E-state index is 0.0639. The van der Waals surface area contributed by atoms with Gasteiger partial charge in [-0.3, -0.25) is 9.59 Å². The summed E-state index contributed by atoms with van der Waals surface area (Å²) < 4.78 is 0. The van der Waals surface area contributed by atoms with E-state index in [0.29, 0.717) is 17.9 Å². The van der Waals surface area contributed by atoms with Gasteiger partial charge < -0.3 is 10.2 Å². The number of nitrogens with zero attached hydrogens (tertiary/aromatic N) is 2. The number of carbonyl (C=O) groups is 2. The quantitative estimate of drug-likeness (QED) is 0.693. The summed E-state index contributed by atoms with van der Waals surface area (Å²) in [5.41, 5.74) is 3.46. The van der Waals surface area contributed by atoms with Crippen molar-refractivity contribution in [3.05, 3.63) is 89.6 Å². The first-order valence-electron chi connectivity index (χ1n) is 9.45. The lowest BCUT2D eigenvalue weighted by Crippen LogP contribution is -2.35. The molecule has 1 N–H and O–H groups in total. The first-order valence-corrected chi connectivity index (χ1v) is 10.4. The smallest absolute Gasteiger partial charge is 0.251 e. The van der Waals surface area contributed by atoms with E-state index < -0.39 is 0 Å². The fourth-order valence-electron chi connectivity index (χ4n) is 3.26. The van der Waals surface area contributed by atoms with E-state index in [0.717, 1.165) is 21.8 Å². The molecular weight excluding hydrogens is 382 g/mol. The van der Waals surface area contributed by atoms with Gasteiger partial charge in [0.25, 0.3) is 5.91 Å². The van der Waals surface area contributed by atoms with E-state index in [4.69, 9.17) is 0 Å². The summed E-state index contributed by atoms with van der Waals surface area (Å²) in [5.74, 6) is 0.337. The summed E-state index contributed by atoms with van der Waals surface area (Å²) in [4.78, 5) is 31.1. The predicted molar refractivity (Wildman–Crippen MR) is 115 cm³/mol. The zero-order valence-corrected chi connectivity index (χ0v) is 16.9. The normalized spacial score (nSPS) is 14.2. The van der Waals surface area contributed by atoms with E-state index >= 15 is 0 Å². The number of aromatic nitrogens is 1. The first-order chi connectivity index (χ1) is 14.1. The van der Waals surface area contributed by atoms with E-state index in [2.05, 4.69) is 10.3 Å². The number of rotatable bonds is 5. The van der Waals surface area contributed by atoms with Gasteiger partial charge in [0.15, 0.2) is 0 Å². The zero-order valence-electron chi connectivity index (χ0n) is 16.0. The molecule has 1 aromatic heterocycles. The van der Waals surface area contributed by atoms with Gasteiger partial charge in [-0.1, -0.05) is 54.2 Å². The molecule has 4 rings (SSSR count). The van der Waals surface area contributed by atoms with Crippen LogP contribution in [0.4, 0.5) is 5.69 Å². The van der Waals surface area contributed by atoms with Crippen LogP contribution in [0.1, 0.15) is 34.5 Å². The molecule has 2 aromatic carbocycles. The third-order valence-corrected chi connectivity index (χ3v) is 5.86. The molecule has 5 nitrogen and oxygen atoms in total. The molecule has 146 valence electrons. The number of pyridine rings is 1. The minimum Gasteiger partial charge on any atom is -0.346 e.